The molecule has 0 aliphatic heterocycles. The van der Waals surface area contributed by atoms with Crippen LogP contribution in [0.1, 0.15) is 38.5 Å². The summed E-state index contributed by atoms with van der Waals surface area (Å²) in [5, 5.41) is 3.23. The van der Waals surface area contributed by atoms with Crippen LogP contribution < -0.4 is 5.32 Å². The third-order valence-corrected chi connectivity index (χ3v) is 4.32. The van der Waals surface area contributed by atoms with E-state index in [1.807, 2.05) is 0 Å². The van der Waals surface area contributed by atoms with E-state index in [0.29, 0.717) is 29.7 Å². The second kappa shape index (κ2) is 3.66. The molecule has 15 heavy (non-hydrogen) atoms. The van der Waals surface area contributed by atoms with Crippen molar-refractivity contribution in [3.8, 4) is 0 Å². The van der Waals surface area contributed by atoms with Crippen molar-refractivity contribution >= 4 is 5.91 Å². The molecule has 0 aromatic rings. The van der Waals surface area contributed by atoms with Gasteiger partial charge in [-0.05, 0) is 37.5 Å². The van der Waals surface area contributed by atoms with Gasteiger partial charge in [-0.25, -0.2) is 0 Å². The first-order valence-electron chi connectivity index (χ1n) is 6.31. The van der Waals surface area contributed by atoms with E-state index < -0.39 is 0 Å². The third-order valence-electron chi connectivity index (χ3n) is 4.32. The Morgan fingerprint density at radius 3 is 2.53 bits per heavy atom. The van der Waals surface area contributed by atoms with Gasteiger partial charge in [0.2, 0.25) is 5.91 Å². The summed E-state index contributed by atoms with van der Waals surface area (Å²) >= 11 is 0. The zero-order valence-corrected chi connectivity index (χ0v) is 9.11. The first-order valence-corrected chi connectivity index (χ1v) is 6.31. The molecule has 2 saturated carbocycles. The van der Waals surface area contributed by atoms with E-state index in [4.69, 9.17) is 0 Å². The molecule has 2 fully saturated rings. The number of hydrogen-bond acceptors (Lipinski definition) is 1. The maximum Gasteiger partial charge on any atom is 0.223 e. The average Bonchev–Trinajstić information content (AvgIpc) is 2.93. The molecule has 0 aromatic heterocycles. The molecule has 0 aromatic carbocycles. The summed E-state index contributed by atoms with van der Waals surface area (Å²) < 4.78 is 0. The van der Waals surface area contributed by atoms with Crippen LogP contribution in [-0.2, 0) is 4.79 Å². The molecule has 2 bridgehead atoms. The Hall–Kier alpha value is -0.790. The summed E-state index contributed by atoms with van der Waals surface area (Å²) in [6.07, 6.45) is 11.9. The van der Waals surface area contributed by atoms with Gasteiger partial charge in [-0.2, -0.15) is 0 Å². The summed E-state index contributed by atoms with van der Waals surface area (Å²) in [6, 6.07) is 0.487. The molecule has 0 radical (unpaired) electrons. The molecule has 0 saturated heterocycles. The van der Waals surface area contributed by atoms with Crippen LogP contribution in [0, 0.1) is 17.8 Å². The minimum absolute atomic E-state index is 0.292. The van der Waals surface area contributed by atoms with Crippen molar-refractivity contribution in [3.63, 3.8) is 0 Å². The highest BCUT2D eigenvalue weighted by molar-refractivity contribution is 5.80. The molecule has 0 spiro atoms. The monoisotopic (exact) mass is 205 g/mol. The molecule has 2 heteroatoms. The van der Waals surface area contributed by atoms with Crippen LogP contribution in [0.3, 0.4) is 0 Å². The van der Waals surface area contributed by atoms with E-state index in [2.05, 4.69) is 17.5 Å². The first kappa shape index (κ1) is 9.44. The highest BCUT2D eigenvalue weighted by atomic mass is 16.2. The second-order valence-electron chi connectivity index (χ2n) is 5.38. The van der Waals surface area contributed by atoms with Gasteiger partial charge in [-0.15, -0.1) is 0 Å². The van der Waals surface area contributed by atoms with E-state index in [-0.39, 0.29) is 0 Å². The summed E-state index contributed by atoms with van der Waals surface area (Å²) in [7, 11) is 0. The van der Waals surface area contributed by atoms with Crippen LogP contribution in [0.25, 0.3) is 0 Å². The topological polar surface area (TPSA) is 29.1 Å². The van der Waals surface area contributed by atoms with E-state index in [9.17, 15) is 4.79 Å². The van der Waals surface area contributed by atoms with Crippen molar-refractivity contribution in [1.29, 1.82) is 0 Å². The lowest BCUT2D eigenvalue weighted by Crippen LogP contribution is -2.38. The number of rotatable bonds is 2. The van der Waals surface area contributed by atoms with Crippen molar-refractivity contribution < 1.29 is 4.79 Å². The van der Waals surface area contributed by atoms with Gasteiger partial charge >= 0.3 is 0 Å². The highest BCUT2D eigenvalue weighted by Gasteiger charge is 2.40. The maximum atomic E-state index is 12.0. The summed E-state index contributed by atoms with van der Waals surface area (Å²) in [6.45, 7) is 0. The fraction of sp³-hybridized carbons (Fsp3) is 0.769. The predicted molar refractivity (Wildman–Crippen MR) is 59.2 cm³/mol. The van der Waals surface area contributed by atoms with Crippen LogP contribution in [0.5, 0.6) is 0 Å². The molecule has 1 amide bonds. The van der Waals surface area contributed by atoms with Gasteiger partial charge in [0, 0.05) is 12.0 Å². The lowest BCUT2D eigenvalue weighted by atomic mass is 9.92. The lowest BCUT2D eigenvalue weighted by molar-refractivity contribution is -0.126. The maximum absolute atomic E-state index is 12.0. The number of allylic oxidation sites excluding steroid dienone is 2. The zero-order valence-electron chi connectivity index (χ0n) is 9.11. The number of fused-ring (bicyclic) bond motifs is 2. The van der Waals surface area contributed by atoms with Crippen LogP contribution >= 0.6 is 0 Å². The summed E-state index contributed by atoms with van der Waals surface area (Å²) in [5.74, 6) is 1.88. The number of carbonyl (C=O) groups is 1. The third kappa shape index (κ3) is 1.70. The van der Waals surface area contributed by atoms with Crippen molar-refractivity contribution in [2.24, 2.45) is 17.8 Å². The molecule has 82 valence electrons. The fourth-order valence-electron chi connectivity index (χ4n) is 3.46. The molecule has 3 aliphatic rings. The molecule has 3 rings (SSSR count). The molecule has 3 unspecified atom stereocenters. The molecule has 1 N–H and O–H groups in total. The van der Waals surface area contributed by atoms with Crippen molar-refractivity contribution in [2.75, 3.05) is 0 Å². The molecule has 3 atom stereocenters. The minimum atomic E-state index is 0.292. The normalized spacial score (nSPS) is 38.8. The largest absolute Gasteiger partial charge is 0.353 e. The molecular formula is C13H19NO. The van der Waals surface area contributed by atoms with Crippen molar-refractivity contribution in [1.82, 2.24) is 5.32 Å². The Kier molecular flexibility index (Phi) is 2.30. The van der Waals surface area contributed by atoms with E-state index in [1.165, 1.54) is 32.1 Å². The van der Waals surface area contributed by atoms with Gasteiger partial charge in [0.15, 0.2) is 0 Å². The number of amides is 1. The van der Waals surface area contributed by atoms with Crippen molar-refractivity contribution in [2.45, 2.75) is 44.6 Å². The smallest absolute Gasteiger partial charge is 0.223 e. The Labute approximate surface area is 91.1 Å². The van der Waals surface area contributed by atoms with Crippen LogP contribution in [0.15, 0.2) is 12.2 Å². The lowest BCUT2D eigenvalue weighted by Gasteiger charge is -2.20. The predicted octanol–water partition coefficient (Wildman–Crippen LogP) is 2.26. The zero-order chi connectivity index (χ0) is 10.3. The van der Waals surface area contributed by atoms with Gasteiger partial charge in [0.25, 0.3) is 0 Å². The first-order chi connectivity index (χ1) is 7.33. The minimum Gasteiger partial charge on any atom is -0.353 e. The second-order valence-corrected chi connectivity index (χ2v) is 5.38. The quantitative estimate of drug-likeness (QED) is 0.688. The van der Waals surface area contributed by atoms with Gasteiger partial charge in [-0.3, -0.25) is 4.79 Å². The molecule has 0 heterocycles. The van der Waals surface area contributed by atoms with Gasteiger partial charge in [-0.1, -0.05) is 25.0 Å². The number of hydrogen-bond donors (Lipinski definition) is 1. The van der Waals surface area contributed by atoms with Crippen LogP contribution in [0.2, 0.25) is 0 Å². The fourth-order valence-corrected chi connectivity index (χ4v) is 3.46. The van der Waals surface area contributed by atoms with E-state index in [0.717, 1.165) is 6.42 Å². The SMILES string of the molecule is O=C(NC1CCCC1)C1CC2C=CC1C2. The Morgan fingerprint density at radius 2 is 1.93 bits per heavy atom. The Balaban J connectivity index is 1.58. The highest BCUT2D eigenvalue weighted by Crippen LogP contribution is 2.43. The van der Waals surface area contributed by atoms with Crippen LogP contribution in [0.4, 0.5) is 0 Å². The van der Waals surface area contributed by atoms with Crippen LogP contribution in [-0.4, -0.2) is 11.9 Å². The number of carbonyl (C=O) groups excluding carboxylic acids is 1. The Bertz CT molecular complexity index is 291. The van der Waals surface area contributed by atoms with Gasteiger partial charge in [0.05, 0.1) is 0 Å². The summed E-state index contributed by atoms with van der Waals surface area (Å²) in [4.78, 5) is 12.0. The van der Waals surface area contributed by atoms with Crippen molar-refractivity contribution in [3.05, 3.63) is 12.2 Å². The van der Waals surface area contributed by atoms with E-state index >= 15 is 0 Å². The van der Waals surface area contributed by atoms with Gasteiger partial charge in [0.1, 0.15) is 0 Å². The standard InChI is InChI=1S/C13H19NO/c15-13(14-11-3-1-2-4-11)12-8-9-5-6-10(12)7-9/h5-6,9-12H,1-4,7-8H2,(H,14,15). The average molecular weight is 205 g/mol. The number of nitrogens with one attached hydrogen (secondary N) is 1. The Morgan fingerprint density at radius 1 is 1.13 bits per heavy atom. The molecular weight excluding hydrogens is 186 g/mol. The summed E-state index contributed by atoms with van der Waals surface area (Å²) in [5.41, 5.74) is 0. The van der Waals surface area contributed by atoms with Gasteiger partial charge < -0.3 is 5.32 Å². The van der Waals surface area contributed by atoms with E-state index in [1.54, 1.807) is 0 Å². The molecule has 3 aliphatic carbocycles. The molecule has 2 nitrogen and oxygen atoms in total.